The van der Waals surface area contributed by atoms with Gasteiger partial charge in [0.25, 0.3) is 0 Å². The highest BCUT2D eigenvalue weighted by atomic mass is 16.4. The summed E-state index contributed by atoms with van der Waals surface area (Å²) >= 11 is 0. The van der Waals surface area contributed by atoms with Gasteiger partial charge in [-0.2, -0.15) is 5.10 Å². The number of nitrogens with zero attached hydrogens (tertiary/aromatic N) is 2. The SMILES string of the molecule is Cc1cn(C)nc1NCC1(C)CCCC1.O=C1CC[C@@H](C(=O)O)N1. The van der Waals surface area contributed by atoms with Crippen LogP contribution < -0.4 is 10.6 Å². The van der Waals surface area contributed by atoms with Crippen LogP contribution in [-0.2, 0) is 16.6 Å². The molecule has 0 unspecified atom stereocenters. The number of aryl methyl sites for hydroxylation is 2. The summed E-state index contributed by atoms with van der Waals surface area (Å²) < 4.78 is 1.87. The van der Waals surface area contributed by atoms with Gasteiger partial charge in [-0.05, 0) is 31.6 Å². The van der Waals surface area contributed by atoms with Crippen molar-refractivity contribution < 1.29 is 14.7 Å². The second kappa shape index (κ2) is 7.68. The molecule has 3 rings (SSSR count). The molecule has 7 nitrogen and oxygen atoms in total. The number of carboxylic acids is 1. The lowest BCUT2D eigenvalue weighted by molar-refractivity contribution is -0.140. The molecule has 2 fully saturated rings. The molecule has 1 atom stereocenters. The number of carbonyl (C=O) groups excluding carboxylic acids is 1. The summed E-state index contributed by atoms with van der Waals surface area (Å²) in [7, 11) is 1.97. The second-order valence-corrected chi connectivity index (χ2v) is 7.20. The van der Waals surface area contributed by atoms with Gasteiger partial charge in [0, 0.05) is 31.8 Å². The maximum Gasteiger partial charge on any atom is 0.326 e. The third-order valence-electron chi connectivity index (χ3n) is 4.80. The molecular weight excluding hydrogens is 308 g/mol. The van der Waals surface area contributed by atoms with Gasteiger partial charge in [-0.15, -0.1) is 0 Å². The van der Waals surface area contributed by atoms with Crippen LogP contribution in [0.4, 0.5) is 5.82 Å². The average molecular weight is 336 g/mol. The van der Waals surface area contributed by atoms with Crippen LogP contribution in [-0.4, -0.2) is 39.4 Å². The fraction of sp³-hybridized carbons (Fsp3) is 0.706. The smallest absolute Gasteiger partial charge is 0.326 e. The molecule has 0 bridgehead atoms. The minimum absolute atomic E-state index is 0.164. The summed E-state index contributed by atoms with van der Waals surface area (Å²) in [6.07, 6.45) is 8.31. The van der Waals surface area contributed by atoms with E-state index in [-0.39, 0.29) is 5.91 Å². The van der Waals surface area contributed by atoms with Crippen LogP contribution in [0.3, 0.4) is 0 Å². The van der Waals surface area contributed by atoms with Crippen LogP contribution in [0.1, 0.15) is 51.0 Å². The van der Waals surface area contributed by atoms with E-state index < -0.39 is 12.0 Å². The van der Waals surface area contributed by atoms with Crippen molar-refractivity contribution in [1.82, 2.24) is 15.1 Å². The third kappa shape index (κ3) is 4.97. The number of carbonyl (C=O) groups is 2. The Morgan fingerprint density at radius 2 is 2.17 bits per heavy atom. The monoisotopic (exact) mass is 336 g/mol. The molecular formula is C17H28N4O3. The maximum atomic E-state index is 10.4. The summed E-state index contributed by atoms with van der Waals surface area (Å²) in [5, 5.41) is 18.5. The first kappa shape index (κ1) is 18.3. The van der Waals surface area contributed by atoms with Gasteiger partial charge in [0.15, 0.2) is 5.82 Å². The molecule has 1 aliphatic carbocycles. The van der Waals surface area contributed by atoms with Crippen LogP contribution in [0.5, 0.6) is 0 Å². The first-order valence-electron chi connectivity index (χ1n) is 8.55. The summed E-state index contributed by atoms with van der Waals surface area (Å²) in [4.78, 5) is 20.5. The molecule has 2 aliphatic rings. The van der Waals surface area contributed by atoms with Crippen LogP contribution in [0, 0.1) is 12.3 Å². The lowest BCUT2D eigenvalue weighted by Crippen LogP contribution is -2.32. The zero-order valence-electron chi connectivity index (χ0n) is 14.8. The Labute approximate surface area is 142 Å². The van der Waals surface area contributed by atoms with Gasteiger partial charge in [-0.25, -0.2) is 4.79 Å². The Hall–Kier alpha value is -2.05. The molecule has 24 heavy (non-hydrogen) atoms. The van der Waals surface area contributed by atoms with Gasteiger partial charge in [0.2, 0.25) is 5.91 Å². The van der Waals surface area contributed by atoms with Crippen molar-refractivity contribution in [3.8, 4) is 0 Å². The fourth-order valence-electron chi connectivity index (χ4n) is 3.28. The van der Waals surface area contributed by atoms with E-state index in [0.717, 1.165) is 12.4 Å². The quantitative estimate of drug-likeness (QED) is 0.782. The topological polar surface area (TPSA) is 96.2 Å². The number of rotatable bonds is 4. The number of aliphatic carboxylic acids is 1. The van der Waals surface area contributed by atoms with Crippen LogP contribution in [0.15, 0.2) is 6.20 Å². The number of anilines is 1. The molecule has 2 heterocycles. The van der Waals surface area contributed by atoms with E-state index in [1.54, 1.807) is 0 Å². The molecule has 1 saturated carbocycles. The minimum atomic E-state index is -0.944. The summed E-state index contributed by atoms with van der Waals surface area (Å²) in [6.45, 7) is 5.54. The molecule has 0 spiro atoms. The Morgan fingerprint density at radius 3 is 2.58 bits per heavy atom. The highest BCUT2D eigenvalue weighted by Gasteiger charge is 2.28. The van der Waals surface area contributed by atoms with Crippen LogP contribution in [0.2, 0.25) is 0 Å². The van der Waals surface area contributed by atoms with Gasteiger partial charge in [-0.1, -0.05) is 19.8 Å². The van der Waals surface area contributed by atoms with E-state index >= 15 is 0 Å². The number of hydrogen-bond acceptors (Lipinski definition) is 4. The van der Waals surface area contributed by atoms with Gasteiger partial charge in [0.1, 0.15) is 6.04 Å². The zero-order valence-corrected chi connectivity index (χ0v) is 14.8. The summed E-state index contributed by atoms with van der Waals surface area (Å²) in [5.74, 6) is -0.0612. The van der Waals surface area contributed by atoms with E-state index in [4.69, 9.17) is 5.11 Å². The van der Waals surface area contributed by atoms with Gasteiger partial charge < -0.3 is 15.7 Å². The largest absolute Gasteiger partial charge is 0.480 e. The Bertz CT molecular complexity index is 591. The van der Waals surface area contributed by atoms with Crippen molar-refractivity contribution in [2.24, 2.45) is 12.5 Å². The van der Waals surface area contributed by atoms with Crippen molar-refractivity contribution in [3.05, 3.63) is 11.8 Å². The molecule has 1 aliphatic heterocycles. The molecule has 0 radical (unpaired) electrons. The predicted octanol–water partition coefficient (Wildman–Crippen LogP) is 2.07. The number of carboxylic acid groups (broad SMARTS) is 1. The van der Waals surface area contributed by atoms with Gasteiger partial charge in [-0.3, -0.25) is 9.48 Å². The molecule has 1 aromatic heterocycles. The molecule has 134 valence electrons. The second-order valence-electron chi connectivity index (χ2n) is 7.20. The van der Waals surface area contributed by atoms with Crippen LogP contribution >= 0.6 is 0 Å². The Balaban J connectivity index is 0.000000198. The number of aromatic nitrogens is 2. The molecule has 1 aromatic rings. The lowest BCUT2D eigenvalue weighted by atomic mass is 9.89. The Morgan fingerprint density at radius 1 is 1.50 bits per heavy atom. The maximum absolute atomic E-state index is 10.4. The lowest BCUT2D eigenvalue weighted by Gasteiger charge is -2.23. The van der Waals surface area contributed by atoms with Crippen molar-refractivity contribution in [2.75, 3.05) is 11.9 Å². The predicted molar refractivity (Wildman–Crippen MR) is 91.8 cm³/mol. The van der Waals surface area contributed by atoms with E-state index in [9.17, 15) is 9.59 Å². The normalized spacial score (nSPS) is 21.8. The van der Waals surface area contributed by atoms with Crippen molar-refractivity contribution in [2.45, 2.75) is 58.4 Å². The molecule has 1 amide bonds. The van der Waals surface area contributed by atoms with Gasteiger partial charge in [0.05, 0.1) is 0 Å². The zero-order chi connectivity index (χ0) is 17.7. The van der Waals surface area contributed by atoms with E-state index in [0.29, 0.717) is 18.3 Å². The summed E-state index contributed by atoms with van der Waals surface area (Å²) in [6, 6.07) is -0.641. The van der Waals surface area contributed by atoms with E-state index in [1.807, 2.05) is 11.7 Å². The number of nitrogens with one attached hydrogen (secondary N) is 2. The molecule has 7 heteroatoms. The van der Waals surface area contributed by atoms with Crippen molar-refractivity contribution >= 4 is 17.7 Å². The number of hydrogen-bond donors (Lipinski definition) is 3. The average Bonchev–Trinajstić information content (AvgIpc) is 3.20. The summed E-state index contributed by atoms with van der Waals surface area (Å²) in [5.41, 5.74) is 1.73. The minimum Gasteiger partial charge on any atom is -0.480 e. The van der Waals surface area contributed by atoms with Crippen LogP contribution in [0.25, 0.3) is 0 Å². The van der Waals surface area contributed by atoms with E-state index in [2.05, 4.69) is 35.8 Å². The van der Waals surface area contributed by atoms with E-state index in [1.165, 1.54) is 31.2 Å². The highest BCUT2D eigenvalue weighted by Crippen LogP contribution is 2.37. The first-order chi connectivity index (χ1) is 11.3. The molecule has 0 aromatic carbocycles. The number of amides is 1. The Kier molecular flexibility index (Phi) is 5.85. The van der Waals surface area contributed by atoms with Gasteiger partial charge >= 0.3 is 5.97 Å². The van der Waals surface area contributed by atoms with Crippen molar-refractivity contribution in [1.29, 1.82) is 0 Å². The highest BCUT2D eigenvalue weighted by molar-refractivity contribution is 5.87. The molecule has 3 N–H and O–H groups in total. The van der Waals surface area contributed by atoms with Crippen molar-refractivity contribution in [3.63, 3.8) is 0 Å². The standard InChI is InChI=1S/C12H21N3.C5H7NO3/c1-10-8-15(3)14-11(10)13-9-12(2)6-4-5-7-12;7-4-2-1-3(6-4)5(8)9/h8H,4-7,9H2,1-3H3,(H,13,14);3H,1-2H2,(H,6,7)(H,8,9)/t;3-/m.0/s1. The first-order valence-corrected chi connectivity index (χ1v) is 8.55. The fourth-order valence-corrected chi connectivity index (χ4v) is 3.28. The third-order valence-corrected chi connectivity index (χ3v) is 4.80. The molecule has 1 saturated heterocycles.